The molecule has 0 unspecified atom stereocenters. The molecule has 20 heavy (non-hydrogen) atoms. The third-order valence-corrected chi connectivity index (χ3v) is 3.36. The lowest BCUT2D eigenvalue weighted by Crippen LogP contribution is -2.08. The zero-order chi connectivity index (χ0) is 14.5. The Hall–Kier alpha value is -1.87. The highest BCUT2D eigenvalue weighted by atomic mass is 19.1. The maximum absolute atomic E-state index is 13.2. The molecule has 0 spiro atoms. The van der Waals surface area contributed by atoms with Gasteiger partial charge in [-0.15, -0.1) is 0 Å². The van der Waals surface area contributed by atoms with Crippen molar-refractivity contribution in [1.29, 1.82) is 0 Å². The van der Waals surface area contributed by atoms with E-state index >= 15 is 0 Å². The lowest BCUT2D eigenvalue weighted by atomic mass is 10.1. The average Bonchev–Trinajstić information content (AvgIpc) is 2.42. The van der Waals surface area contributed by atoms with Crippen molar-refractivity contribution >= 4 is 0 Å². The number of hydrogen-bond donors (Lipinski definition) is 1. The van der Waals surface area contributed by atoms with E-state index in [1.807, 2.05) is 7.05 Å². The maximum atomic E-state index is 13.2. The Bertz CT molecular complexity index is 596. The fourth-order valence-electron chi connectivity index (χ4n) is 2.07. The maximum Gasteiger partial charge on any atom is 0.124 e. The first kappa shape index (κ1) is 14.5. The van der Waals surface area contributed by atoms with Gasteiger partial charge in [0, 0.05) is 12.1 Å². The summed E-state index contributed by atoms with van der Waals surface area (Å²) in [6, 6.07) is 10.9. The monoisotopic (exact) mass is 273 g/mol. The minimum Gasteiger partial charge on any atom is -0.489 e. The van der Waals surface area contributed by atoms with Gasteiger partial charge in [-0.2, -0.15) is 0 Å². The van der Waals surface area contributed by atoms with Gasteiger partial charge in [-0.05, 0) is 55.8 Å². The Morgan fingerprint density at radius 1 is 1.05 bits per heavy atom. The Kier molecular flexibility index (Phi) is 4.74. The summed E-state index contributed by atoms with van der Waals surface area (Å²) >= 11 is 0. The molecule has 0 aliphatic rings. The van der Waals surface area contributed by atoms with E-state index in [1.165, 1.54) is 23.3 Å². The predicted molar refractivity (Wildman–Crippen MR) is 79.4 cm³/mol. The minimum absolute atomic E-state index is 0.242. The summed E-state index contributed by atoms with van der Waals surface area (Å²) in [7, 11) is 1.83. The summed E-state index contributed by atoms with van der Waals surface area (Å²) in [6.45, 7) is 5.25. The van der Waals surface area contributed by atoms with Crippen LogP contribution < -0.4 is 10.1 Å². The number of aryl methyl sites for hydroxylation is 2. The number of ether oxygens (including phenoxy) is 1. The SMILES string of the molecule is CNCc1cc(F)ccc1OCc1ccc(C)c(C)c1. The Balaban J connectivity index is 2.11. The van der Waals surface area contributed by atoms with Crippen LogP contribution in [0.5, 0.6) is 5.75 Å². The van der Waals surface area contributed by atoms with Crippen molar-refractivity contribution in [2.75, 3.05) is 7.05 Å². The summed E-state index contributed by atoms with van der Waals surface area (Å²) in [5.41, 5.74) is 4.47. The van der Waals surface area contributed by atoms with Crippen LogP contribution in [-0.4, -0.2) is 7.05 Å². The van der Waals surface area contributed by atoms with Crippen molar-refractivity contribution in [2.45, 2.75) is 27.0 Å². The first-order valence-corrected chi connectivity index (χ1v) is 6.72. The lowest BCUT2D eigenvalue weighted by Gasteiger charge is -2.12. The smallest absolute Gasteiger partial charge is 0.124 e. The van der Waals surface area contributed by atoms with Crippen LogP contribution in [0.1, 0.15) is 22.3 Å². The molecule has 0 saturated heterocycles. The van der Waals surface area contributed by atoms with Gasteiger partial charge in [0.2, 0.25) is 0 Å². The van der Waals surface area contributed by atoms with E-state index in [-0.39, 0.29) is 5.82 Å². The molecule has 2 aromatic rings. The summed E-state index contributed by atoms with van der Waals surface area (Å²) in [5, 5.41) is 3.02. The van der Waals surface area contributed by atoms with E-state index < -0.39 is 0 Å². The molecule has 0 aromatic heterocycles. The van der Waals surface area contributed by atoms with E-state index in [0.29, 0.717) is 13.2 Å². The number of hydrogen-bond acceptors (Lipinski definition) is 2. The zero-order valence-corrected chi connectivity index (χ0v) is 12.2. The van der Waals surface area contributed by atoms with Crippen molar-refractivity contribution in [3.8, 4) is 5.75 Å². The molecule has 2 aromatic carbocycles. The molecular formula is C17H20FNO. The quantitative estimate of drug-likeness (QED) is 0.896. The first-order valence-electron chi connectivity index (χ1n) is 6.72. The summed E-state index contributed by atoms with van der Waals surface area (Å²) in [4.78, 5) is 0. The summed E-state index contributed by atoms with van der Waals surface area (Å²) in [5.74, 6) is 0.479. The van der Waals surface area contributed by atoms with E-state index in [9.17, 15) is 4.39 Å². The molecule has 3 heteroatoms. The van der Waals surface area contributed by atoms with Gasteiger partial charge in [0.1, 0.15) is 18.2 Å². The molecule has 2 rings (SSSR count). The molecule has 0 aliphatic heterocycles. The average molecular weight is 273 g/mol. The molecule has 0 atom stereocenters. The van der Waals surface area contributed by atoms with Gasteiger partial charge in [0.15, 0.2) is 0 Å². The van der Waals surface area contributed by atoms with E-state index in [4.69, 9.17) is 4.74 Å². The molecule has 0 heterocycles. The standard InChI is InChI=1S/C17H20FNO/c1-12-4-5-14(8-13(12)2)11-20-17-7-6-16(18)9-15(17)10-19-3/h4-9,19H,10-11H2,1-3H3. The number of nitrogens with one attached hydrogen (secondary N) is 1. The highest BCUT2D eigenvalue weighted by Crippen LogP contribution is 2.21. The predicted octanol–water partition coefficient (Wildman–Crippen LogP) is 3.74. The van der Waals surface area contributed by atoms with Crippen LogP contribution in [-0.2, 0) is 13.2 Å². The van der Waals surface area contributed by atoms with Crippen LogP contribution in [0, 0.1) is 19.7 Å². The molecule has 0 bridgehead atoms. The van der Waals surface area contributed by atoms with E-state index in [2.05, 4.69) is 37.4 Å². The normalized spacial score (nSPS) is 10.6. The van der Waals surface area contributed by atoms with Crippen molar-refractivity contribution in [3.63, 3.8) is 0 Å². The Morgan fingerprint density at radius 3 is 2.55 bits per heavy atom. The lowest BCUT2D eigenvalue weighted by molar-refractivity contribution is 0.301. The van der Waals surface area contributed by atoms with Crippen LogP contribution in [0.25, 0.3) is 0 Å². The van der Waals surface area contributed by atoms with Gasteiger partial charge in [0.05, 0.1) is 0 Å². The third-order valence-electron chi connectivity index (χ3n) is 3.36. The Labute approximate surface area is 119 Å². The van der Waals surface area contributed by atoms with Gasteiger partial charge >= 0.3 is 0 Å². The van der Waals surface area contributed by atoms with Gasteiger partial charge in [-0.1, -0.05) is 18.2 Å². The fraction of sp³-hybridized carbons (Fsp3) is 0.294. The van der Waals surface area contributed by atoms with E-state index in [1.54, 1.807) is 6.07 Å². The molecule has 0 fully saturated rings. The number of rotatable bonds is 5. The molecule has 106 valence electrons. The molecular weight excluding hydrogens is 253 g/mol. The molecule has 1 N–H and O–H groups in total. The van der Waals surface area contributed by atoms with Crippen molar-refractivity contribution in [1.82, 2.24) is 5.32 Å². The fourth-order valence-corrected chi connectivity index (χ4v) is 2.07. The van der Waals surface area contributed by atoms with Gasteiger partial charge < -0.3 is 10.1 Å². The first-order chi connectivity index (χ1) is 9.60. The van der Waals surface area contributed by atoms with Crippen LogP contribution in [0.15, 0.2) is 36.4 Å². The second kappa shape index (κ2) is 6.53. The minimum atomic E-state index is -0.242. The number of benzene rings is 2. The van der Waals surface area contributed by atoms with Crippen molar-refractivity contribution in [3.05, 3.63) is 64.5 Å². The summed E-state index contributed by atoms with van der Waals surface area (Å²) < 4.78 is 19.1. The molecule has 0 radical (unpaired) electrons. The van der Waals surface area contributed by atoms with Gasteiger partial charge in [-0.3, -0.25) is 0 Å². The van der Waals surface area contributed by atoms with Crippen LogP contribution in [0.3, 0.4) is 0 Å². The molecule has 2 nitrogen and oxygen atoms in total. The molecule has 0 saturated carbocycles. The van der Waals surface area contributed by atoms with E-state index in [0.717, 1.165) is 16.9 Å². The van der Waals surface area contributed by atoms with Gasteiger partial charge in [0.25, 0.3) is 0 Å². The second-order valence-corrected chi connectivity index (χ2v) is 4.99. The highest BCUT2D eigenvalue weighted by Gasteiger charge is 2.05. The molecule has 0 amide bonds. The Morgan fingerprint density at radius 2 is 1.85 bits per heavy atom. The number of halogens is 1. The highest BCUT2D eigenvalue weighted by molar-refractivity contribution is 5.35. The van der Waals surface area contributed by atoms with Crippen molar-refractivity contribution < 1.29 is 9.13 Å². The van der Waals surface area contributed by atoms with Gasteiger partial charge in [-0.25, -0.2) is 4.39 Å². The van der Waals surface area contributed by atoms with Crippen molar-refractivity contribution in [2.24, 2.45) is 0 Å². The zero-order valence-electron chi connectivity index (χ0n) is 12.2. The molecule has 0 aliphatic carbocycles. The summed E-state index contributed by atoms with van der Waals surface area (Å²) in [6.07, 6.45) is 0. The van der Waals surface area contributed by atoms with Crippen LogP contribution >= 0.6 is 0 Å². The van der Waals surface area contributed by atoms with Crippen LogP contribution in [0.4, 0.5) is 4.39 Å². The van der Waals surface area contributed by atoms with Crippen LogP contribution in [0.2, 0.25) is 0 Å². The second-order valence-electron chi connectivity index (χ2n) is 4.99. The topological polar surface area (TPSA) is 21.3 Å². The largest absolute Gasteiger partial charge is 0.489 e. The third kappa shape index (κ3) is 3.58.